The largest absolute Gasteiger partial charge is 0.286 e. The zero-order chi connectivity index (χ0) is 17.6. The molecular formula is C19H19N5S. The summed E-state index contributed by atoms with van der Waals surface area (Å²) >= 11 is 5.70. The molecule has 0 bridgehead atoms. The minimum absolute atomic E-state index is 0.481. The van der Waals surface area contributed by atoms with Crippen molar-refractivity contribution in [3.05, 3.63) is 65.4 Å². The Bertz CT molecular complexity index is 922. The lowest BCUT2D eigenvalue weighted by Gasteiger charge is -2.14. The Hall–Kier alpha value is -2.75. The van der Waals surface area contributed by atoms with Crippen LogP contribution < -0.4 is 0 Å². The number of hydrogen-bond acceptors (Lipinski definition) is 4. The highest BCUT2D eigenvalue weighted by molar-refractivity contribution is 7.71. The van der Waals surface area contributed by atoms with Gasteiger partial charge in [-0.05, 0) is 31.4 Å². The average molecular weight is 349 g/mol. The quantitative estimate of drug-likeness (QED) is 0.634. The van der Waals surface area contributed by atoms with Crippen LogP contribution >= 0.6 is 12.2 Å². The van der Waals surface area contributed by atoms with E-state index in [0.29, 0.717) is 24.4 Å². The van der Waals surface area contributed by atoms with Crippen molar-refractivity contribution in [3.8, 4) is 23.1 Å². The second kappa shape index (κ2) is 7.88. The van der Waals surface area contributed by atoms with E-state index in [1.54, 1.807) is 0 Å². The van der Waals surface area contributed by atoms with Crippen LogP contribution in [0.25, 0.3) is 17.1 Å². The molecule has 0 aliphatic carbocycles. The summed E-state index contributed by atoms with van der Waals surface area (Å²) < 4.78 is 4.43. The van der Waals surface area contributed by atoms with E-state index in [4.69, 9.17) is 22.6 Å². The minimum Gasteiger partial charge on any atom is -0.286 e. The highest BCUT2D eigenvalue weighted by Crippen LogP contribution is 2.22. The van der Waals surface area contributed by atoms with Crippen molar-refractivity contribution in [2.24, 2.45) is 0 Å². The first-order chi connectivity index (χ1) is 12.2. The third kappa shape index (κ3) is 3.85. The number of nitrogens with zero attached hydrogens (tertiary/aromatic N) is 5. The van der Waals surface area contributed by atoms with Gasteiger partial charge in [-0.3, -0.25) is 9.47 Å². The summed E-state index contributed by atoms with van der Waals surface area (Å²) in [5.41, 5.74) is 1.99. The first-order valence-corrected chi connectivity index (χ1v) is 8.47. The molecule has 0 N–H and O–H groups in total. The van der Waals surface area contributed by atoms with Crippen LogP contribution in [0.5, 0.6) is 0 Å². The maximum Gasteiger partial charge on any atom is 0.204 e. The summed E-state index contributed by atoms with van der Waals surface area (Å²) in [7, 11) is 1.96. The van der Waals surface area contributed by atoms with Gasteiger partial charge < -0.3 is 0 Å². The second-order valence-electron chi connectivity index (χ2n) is 5.77. The van der Waals surface area contributed by atoms with E-state index in [1.807, 2.05) is 81.9 Å². The van der Waals surface area contributed by atoms with E-state index in [-0.39, 0.29) is 0 Å². The number of hydrogen-bond donors (Lipinski definition) is 0. The zero-order valence-electron chi connectivity index (χ0n) is 14.0. The second-order valence-corrected chi connectivity index (χ2v) is 6.14. The summed E-state index contributed by atoms with van der Waals surface area (Å²) in [5, 5.41) is 13.5. The normalized spacial score (nSPS) is 10.8. The molecule has 3 aromatic rings. The Morgan fingerprint density at radius 3 is 2.36 bits per heavy atom. The van der Waals surface area contributed by atoms with E-state index in [0.717, 1.165) is 17.1 Å². The van der Waals surface area contributed by atoms with Gasteiger partial charge >= 0.3 is 0 Å². The van der Waals surface area contributed by atoms with Gasteiger partial charge in [-0.1, -0.05) is 48.5 Å². The van der Waals surface area contributed by atoms with Gasteiger partial charge in [-0.15, -0.1) is 5.10 Å². The Kier molecular flexibility index (Phi) is 5.39. The SMILES string of the molecule is CN(CCC#N)Cn1nc(-c2ccccc2)n(-c2ccccc2)c1=S. The molecule has 1 aromatic heterocycles. The summed E-state index contributed by atoms with van der Waals surface area (Å²) in [5.74, 6) is 0.811. The van der Waals surface area contributed by atoms with Crippen molar-refractivity contribution >= 4 is 12.2 Å². The number of rotatable bonds is 6. The van der Waals surface area contributed by atoms with Crippen molar-refractivity contribution in [1.29, 1.82) is 5.26 Å². The number of aromatic nitrogens is 3. The molecule has 0 aliphatic heterocycles. The molecule has 6 heteroatoms. The Balaban J connectivity index is 2.06. The molecule has 0 spiro atoms. The smallest absolute Gasteiger partial charge is 0.204 e. The van der Waals surface area contributed by atoms with Crippen molar-refractivity contribution in [1.82, 2.24) is 19.2 Å². The molecule has 126 valence electrons. The van der Waals surface area contributed by atoms with Gasteiger partial charge in [0.2, 0.25) is 4.77 Å². The topological polar surface area (TPSA) is 49.8 Å². The Morgan fingerprint density at radius 1 is 1.08 bits per heavy atom. The number of para-hydroxylation sites is 1. The summed E-state index contributed by atoms with van der Waals surface area (Å²) in [4.78, 5) is 2.04. The lowest BCUT2D eigenvalue weighted by molar-refractivity contribution is 0.257. The van der Waals surface area contributed by atoms with Crippen LogP contribution in [0, 0.1) is 16.1 Å². The molecular weight excluding hydrogens is 330 g/mol. The maximum absolute atomic E-state index is 8.76. The Labute approximate surface area is 152 Å². The molecule has 0 saturated carbocycles. The van der Waals surface area contributed by atoms with Gasteiger partial charge in [0, 0.05) is 24.2 Å². The van der Waals surface area contributed by atoms with Crippen LogP contribution in [0.15, 0.2) is 60.7 Å². The molecule has 25 heavy (non-hydrogen) atoms. The molecule has 0 unspecified atom stereocenters. The predicted octanol–water partition coefficient (Wildman–Crippen LogP) is 3.87. The molecule has 1 heterocycles. The van der Waals surface area contributed by atoms with Gasteiger partial charge in [-0.2, -0.15) is 5.26 Å². The summed E-state index contributed by atoms with van der Waals surface area (Å²) in [6.07, 6.45) is 0.481. The summed E-state index contributed by atoms with van der Waals surface area (Å²) in [6, 6.07) is 22.2. The third-order valence-corrected chi connectivity index (χ3v) is 4.26. The zero-order valence-corrected chi connectivity index (χ0v) is 14.9. The first kappa shape index (κ1) is 17.1. The minimum atomic E-state index is 0.481. The molecule has 2 aromatic carbocycles. The highest BCUT2D eigenvalue weighted by Gasteiger charge is 2.15. The van der Waals surface area contributed by atoms with Crippen molar-refractivity contribution in [3.63, 3.8) is 0 Å². The van der Waals surface area contributed by atoms with Gasteiger partial charge in [-0.25, -0.2) is 4.68 Å². The number of nitriles is 1. The van der Waals surface area contributed by atoms with Gasteiger partial charge in [0.05, 0.1) is 12.7 Å². The Morgan fingerprint density at radius 2 is 1.72 bits per heavy atom. The van der Waals surface area contributed by atoms with Crippen LogP contribution in [0.3, 0.4) is 0 Å². The average Bonchev–Trinajstić information content (AvgIpc) is 2.98. The van der Waals surface area contributed by atoms with Gasteiger partial charge in [0.25, 0.3) is 0 Å². The molecule has 3 rings (SSSR count). The molecule has 0 saturated heterocycles. The van der Waals surface area contributed by atoms with E-state index in [2.05, 4.69) is 6.07 Å². The van der Waals surface area contributed by atoms with Gasteiger partial charge in [0.1, 0.15) is 0 Å². The summed E-state index contributed by atoms with van der Waals surface area (Å²) in [6.45, 7) is 1.22. The highest BCUT2D eigenvalue weighted by atomic mass is 32.1. The van der Waals surface area contributed by atoms with Crippen molar-refractivity contribution in [2.45, 2.75) is 13.1 Å². The fourth-order valence-electron chi connectivity index (χ4n) is 2.62. The van der Waals surface area contributed by atoms with Crippen molar-refractivity contribution in [2.75, 3.05) is 13.6 Å². The van der Waals surface area contributed by atoms with Crippen LogP contribution in [-0.2, 0) is 6.67 Å². The number of benzene rings is 2. The molecule has 0 atom stereocenters. The molecule has 0 radical (unpaired) electrons. The van der Waals surface area contributed by atoms with E-state index >= 15 is 0 Å². The van der Waals surface area contributed by atoms with Crippen molar-refractivity contribution < 1.29 is 0 Å². The fraction of sp³-hybridized carbons (Fsp3) is 0.211. The van der Waals surface area contributed by atoms with E-state index in [9.17, 15) is 0 Å². The lowest BCUT2D eigenvalue weighted by atomic mass is 10.2. The van der Waals surface area contributed by atoms with Gasteiger partial charge in [0.15, 0.2) is 5.82 Å². The standard InChI is InChI=1S/C19H19N5S/c1-22(14-8-13-20)15-23-19(25)24(17-11-6-3-7-12-17)18(21-23)16-9-4-2-5-10-16/h2-7,9-12H,8,14-15H2,1H3. The monoisotopic (exact) mass is 349 g/mol. The van der Waals surface area contributed by atoms with E-state index < -0.39 is 0 Å². The van der Waals surface area contributed by atoms with E-state index in [1.165, 1.54) is 0 Å². The molecule has 0 amide bonds. The first-order valence-electron chi connectivity index (χ1n) is 8.07. The molecule has 5 nitrogen and oxygen atoms in total. The van der Waals surface area contributed by atoms with Crippen LogP contribution in [-0.4, -0.2) is 32.8 Å². The lowest BCUT2D eigenvalue weighted by Crippen LogP contribution is -2.23. The molecule has 0 fully saturated rings. The fourth-order valence-corrected chi connectivity index (χ4v) is 2.91. The maximum atomic E-state index is 8.76. The molecule has 0 aliphatic rings. The third-order valence-electron chi connectivity index (χ3n) is 3.87. The van der Waals surface area contributed by atoms with Crippen LogP contribution in [0.1, 0.15) is 6.42 Å². The van der Waals surface area contributed by atoms with Crippen LogP contribution in [0.4, 0.5) is 0 Å². The predicted molar refractivity (Wildman–Crippen MR) is 101 cm³/mol. The van der Waals surface area contributed by atoms with Crippen LogP contribution in [0.2, 0.25) is 0 Å².